The van der Waals surface area contributed by atoms with E-state index in [9.17, 15) is 0 Å². The molecule has 2 nitrogen and oxygen atoms in total. The molecule has 2 heteroatoms. The molecule has 0 aromatic carbocycles. The molecule has 1 unspecified atom stereocenters. The minimum atomic E-state index is -0.236. The maximum atomic E-state index is 5.21. The molecule has 0 radical (unpaired) electrons. The number of methoxy groups -OCH3 is 2. The predicted octanol–water partition coefficient (Wildman–Crippen LogP) is 1.41. The molecule has 0 aliphatic heterocycles. The van der Waals surface area contributed by atoms with Gasteiger partial charge in [0, 0.05) is 26.6 Å². The fourth-order valence-corrected chi connectivity index (χ4v) is 1.36. The Balaban J connectivity index is 2.48. The summed E-state index contributed by atoms with van der Waals surface area (Å²) in [6.45, 7) is 2.15. The Kier molecular flexibility index (Phi) is 1.78. The summed E-state index contributed by atoms with van der Waals surface area (Å²) >= 11 is 0. The van der Waals surface area contributed by atoms with Gasteiger partial charge in [0.15, 0.2) is 5.79 Å². The summed E-state index contributed by atoms with van der Waals surface area (Å²) in [5, 5.41) is 0. The van der Waals surface area contributed by atoms with Crippen LogP contribution in [0.3, 0.4) is 0 Å². The molecular formula is C7H14O2. The Morgan fingerprint density at radius 3 is 1.89 bits per heavy atom. The van der Waals surface area contributed by atoms with Crippen LogP contribution in [0.25, 0.3) is 0 Å². The highest BCUT2D eigenvalue weighted by Crippen LogP contribution is 2.41. The van der Waals surface area contributed by atoms with Crippen molar-refractivity contribution in [3.63, 3.8) is 0 Å². The SMILES string of the molecule is COC1(OC)CCC1C. The van der Waals surface area contributed by atoms with Gasteiger partial charge >= 0.3 is 0 Å². The van der Waals surface area contributed by atoms with Crippen LogP contribution in [0.5, 0.6) is 0 Å². The average Bonchev–Trinajstić information content (AvgIpc) is 1.89. The Labute approximate surface area is 56.2 Å². The lowest BCUT2D eigenvalue weighted by atomic mass is 9.79. The van der Waals surface area contributed by atoms with Crippen molar-refractivity contribution in [2.24, 2.45) is 5.92 Å². The maximum Gasteiger partial charge on any atom is 0.170 e. The highest BCUT2D eigenvalue weighted by molar-refractivity contribution is 4.86. The third kappa shape index (κ3) is 0.864. The summed E-state index contributed by atoms with van der Waals surface area (Å²) in [5.41, 5.74) is 0. The highest BCUT2D eigenvalue weighted by atomic mass is 16.7. The van der Waals surface area contributed by atoms with Gasteiger partial charge in [-0.05, 0) is 6.42 Å². The number of hydrogen-bond acceptors (Lipinski definition) is 2. The van der Waals surface area contributed by atoms with Gasteiger partial charge in [0.25, 0.3) is 0 Å². The molecule has 0 bridgehead atoms. The molecule has 0 amide bonds. The van der Waals surface area contributed by atoms with Crippen molar-refractivity contribution >= 4 is 0 Å². The molecule has 0 spiro atoms. The van der Waals surface area contributed by atoms with E-state index in [-0.39, 0.29) is 5.79 Å². The largest absolute Gasteiger partial charge is 0.353 e. The highest BCUT2D eigenvalue weighted by Gasteiger charge is 2.44. The standard InChI is InChI=1S/C7H14O2/c1-6-4-5-7(6,8-2)9-3/h6H,4-5H2,1-3H3. The smallest absolute Gasteiger partial charge is 0.170 e. The molecule has 1 saturated carbocycles. The summed E-state index contributed by atoms with van der Waals surface area (Å²) in [7, 11) is 3.42. The van der Waals surface area contributed by atoms with E-state index < -0.39 is 0 Å². The first-order chi connectivity index (χ1) is 4.25. The van der Waals surface area contributed by atoms with Gasteiger partial charge in [0.1, 0.15) is 0 Å². The monoisotopic (exact) mass is 130 g/mol. The molecule has 0 N–H and O–H groups in total. The van der Waals surface area contributed by atoms with E-state index in [2.05, 4.69) is 6.92 Å². The van der Waals surface area contributed by atoms with Crippen LogP contribution in [-0.4, -0.2) is 20.0 Å². The zero-order valence-electron chi connectivity index (χ0n) is 6.31. The molecule has 0 aromatic heterocycles. The van der Waals surface area contributed by atoms with Crippen LogP contribution in [0.2, 0.25) is 0 Å². The van der Waals surface area contributed by atoms with Crippen molar-refractivity contribution in [2.75, 3.05) is 14.2 Å². The van der Waals surface area contributed by atoms with Gasteiger partial charge in [-0.2, -0.15) is 0 Å². The van der Waals surface area contributed by atoms with Gasteiger partial charge < -0.3 is 9.47 Å². The van der Waals surface area contributed by atoms with E-state index in [1.807, 2.05) is 0 Å². The second-order valence-corrected chi connectivity index (χ2v) is 2.66. The van der Waals surface area contributed by atoms with Crippen molar-refractivity contribution in [3.8, 4) is 0 Å². The maximum absolute atomic E-state index is 5.21. The van der Waals surface area contributed by atoms with E-state index in [1.54, 1.807) is 14.2 Å². The molecular weight excluding hydrogens is 116 g/mol. The Morgan fingerprint density at radius 1 is 1.33 bits per heavy atom. The first-order valence-corrected chi connectivity index (χ1v) is 3.35. The number of hydrogen-bond donors (Lipinski definition) is 0. The van der Waals surface area contributed by atoms with Gasteiger partial charge in [0.05, 0.1) is 0 Å². The zero-order valence-corrected chi connectivity index (χ0v) is 6.31. The van der Waals surface area contributed by atoms with Gasteiger partial charge in [-0.1, -0.05) is 6.92 Å². The topological polar surface area (TPSA) is 18.5 Å². The molecule has 1 aliphatic rings. The van der Waals surface area contributed by atoms with Crippen molar-refractivity contribution in [3.05, 3.63) is 0 Å². The average molecular weight is 130 g/mol. The lowest BCUT2D eigenvalue weighted by Crippen LogP contribution is -2.48. The summed E-state index contributed by atoms with van der Waals surface area (Å²) in [6.07, 6.45) is 2.27. The molecule has 0 heterocycles. The summed E-state index contributed by atoms with van der Waals surface area (Å²) in [4.78, 5) is 0. The summed E-state index contributed by atoms with van der Waals surface area (Å²) < 4.78 is 10.4. The van der Waals surface area contributed by atoms with Gasteiger partial charge in [-0.3, -0.25) is 0 Å². The first kappa shape index (κ1) is 7.03. The molecule has 9 heavy (non-hydrogen) atoms. The molecule has 1 rings (SSSR count). The Morgan fingerprint density at radius 2 is 1.89 bits per heavy atom. The summed E-state index contributed by atoms with van der Waals surface area (Å²) in [5.74, 6) is 0.326. The second kappa shape index (κ2) is 2.27. The van der Waals surface area contributed by atoms with Gasteiger partial charge in [-0.25, -0.2) is 0 Å². The van der Waals surface area contributed by atoms with Crippen LogP contribution in [-0.2, 0) is 9.47 Å². The minimum absolute atomic E-state index is 0.236. The van der Waals surface area contributed by atoms with Crippen molar-refractivity contribution in [1.29, 1.82) is 0 Å². The quantitative estimate of drug-likeness (QED) is 0.526. The fraction of sp³-hybridized carbons (Fsp3) is 1.00. The van der Waals surface area contributed by atoms with Crippen LogP contribution >= 0.6 is 0 Å². The molecule has 0 aromatic rings. The van der Waals surface area contributed by atoms with Crippen molar-refractivity contribution in [1.82, 2.24) is 0 Å². The Hall–Kier alpha value is -0.0800. The van der Waals surface area contributed by atoms with E-state index >= 15 is 0 Å². The molecule has 54 valence electrons. The number of rotatable bonds is 2. The van der Waals surface area contributed by atoms with Crippen molar-refractivity contribution < 1.29 is 9.47 Å². The van der Waals surface area contributed by atoms with E-state index in [0.29, 0.717) is 5.92 Å². The van der Waals surface area contributed by atoms with Crippen molar-refractivity contribution in [2.45, 2.75) is 25.6 Å². The normalized spacial score (nSPS) is 31.7. The fourth-order valence-electron chi connectivity index (χ4n) is 1.36. The number of ether oxygens (including phenoxy) is 2. The lowest BCUT2D eigenvalue weighted by molar-refractivity contribution is -0.282. The van der Waals surface area contributed by atoms with Gasteiger partial charge in [0.2, 0.25) is 0 Å². The second-order valence-electron chi connectivity index (χ2n) is 2.66. The van der Waals surface area contributed by atoms with E-state index in [4.69, 9.17) is 9.47 Å². The minimum Gasteiger partial charge on any atom is -0.353 e. The predicted molar refractivity (Wildman–Crippen MR) is 35.1 cm³/mol. The van der Waals surface area contributed by atoms with Crippen LogP contribution in [0.4, 0.5) is 0 Å². The molecule has 1 fully saturated rings. The zero-order chi connectivity index (χ0) is 6.91. The third-order valence-corrected chi connectivity index (χ3v) is 2.37. The van der Waals surface area contributed by atoms with E-state index in [0.717, 1.165) is 6.42 Å². The molecule has 1 atom stereocenters. The third-order valence-electron chi connectivity index (χ3n) is 2.37. The van der Waals surface area contributed by atoms with E-state index in [1.165, 1.54) is 6.42 Å². The van der Waals surface area contributed by atoms with Gasteiger partial charge in [-0.15, -0.1) is 0 Å². The van der Waals surface area contributed by atoms with Crippen LogP contribution in [0.1, 0.15) is 19.8 Å². The first-order valence-electron chi connectivity index (χ1n) is 3.35. The lowest BCUT2D eigenvalue weighted by Gasteiger charge is -2.45. The van der Waals surface area contributed by atoms with Crippen LogP contribution in [0.15, 0.2) is 0 Å². The summed E-state index contributed by atoms with van der Waals surface area (Å²) in [6, 6.07) is 0. The molecule has 0 saturated heterocycles. The Bertz CT molecular complexity index is 91.6. The molecule has 1 aliphatic carbocycles. The van der Waals surface area contributed by atoms with Crippen LogP contribution in [0, 0.1) is 5.92 Å². The van der Waals surface area contributed by atoms with Crippen LogP contribution < -0.4 is 0 Å².